The molecule has 4 aromatic rings. The number of anilines is 1. The van der Waals surface area contributed by atoms with Gasteiger partial charge in [-0.05, 0) is 41.2 Å². The summed E-state index contributed by atoms with van der Waals surface area (Å²) in [6, 6.07) is 5.23. The van der Waals surface area contributed by atoms with Crippen LogP contribution in [0.15, 0.2) is 30.3 Å². The fourth-order valence-electron chi connectivity index (χ4n) is 3.49. The van der Waals surface area contributed by atoms with E-state index in [9.17, 15) is 37.3 Å². The smallest absolute Gasteiger partial charge is 0.365 e. The molecule has 16 heteroatoms. The van der Waals surface area contributed by atoms with E-state index in [1.54, 1.807) is 0 Å². The minimum Gasteiger partial charge on any atom is -0.365 e. The molecule has 4 rings (SSSR count). The number of nitrogens with two attached hydrogens (primary N) is 1. The van der Waals surface area contributed by atoms with Gasteiger partial charge in [-0.25, -0.2) is 9.37 Å². The highest BCUT2D eigenvalue weighted by Gasteiger charge is 2.35. The molecule has 0 unspecified atom stereocenters. The molecule has 1 aromatic carbocycles. The molecule has 0 fully saturated rings. The number of carbonyl (C=O) groups excluding carboxylic acids is 2. The highest BCUT2D eigenvalue weighted by Crippen LogP contribution is 2.43. The fraction of sp³-hybridized carbons (Fsp3) is 0.143. The van der Waals surface area contributed by atoms with Crippen molar-refractivity contribution in [1.82, 2.24) is 14.8 Å². The van der Waals surface area contributed by atoms with Crippen molar-refractivity contribution in [3.05, 3.63) is 67.6 Å². The van der Waals surface area contributed by atoms with Crippen molar-refractivity contribution in [2.24, 2.45) is 5.73 Å². The zero-order chi connectivity index (χ0) is 27.2. The van der Waals surface area contributed by atoms with Crippen molar-refractivity contribution in [3.8, 4) is 11.1 Å². The molecular formula is C21H13ClF4N6O4S. The molecule has 2 amide bonds. The summed E-state index contributed by atoms with van der Waals surface area (Å²) in [5.74, 6) is -3.20. The standard InChI is InChI=1S/C21H13ClF4N6O4S/c1-8-15(22)19(32(35)36)30-31(8)7-13(33)29-16-14-11(9-2-4-10(23)5-3-9)6-12(21(24,25)26)28-20(14)37-17(16)18(27)34/h2-6H,7H2,1H3,(H2,27,34)(H,29,33). The lowest BCUT2D eigenvalue weighted by atomic mass is 10.0. The van der Waals surface area contributed by atoms with Crippen LogP contribution in [0.3, 0.4) is 0 Å². The van der Waals surface area contributed by atoms with Gasteiger partial charge in [-0.15, -0.1) is 11.3 Å². The summed E-state index contributed by atoms with van der Waals surface area (Å²) < 4.78 is 55.2. The monoisotopic (exact) mass is 556 g/mol. The van der Waals surface area contributed by atoms with Crippen LogP contribution in [0, 0.1) is 22.9 Å². The number of thiophene rings is 1. The molecule has 0 radical (unpaired) electrons. The molecule has 0 aliphatic rings. The minimum absolute atomic E-state index is 0.0343. The maximum Gasteiger partial charge on any atom is 0.433 e. The number of pyridine rings is 1. The van der Waals surface area contributed by atoms with E-state index < -0.39 is 46.8 Å². The summed E-state index contributed by atoms with van der Waals surface area (Å²) in [7, 11) is 0. The first kappa shape index (κ1) is 26.0. The van der Waals surface area contributed by atoms with Crippen molar-refractivity contribution in [1.29, 1.82) is 0 Å². The van der Waals surface area contributed by atoms with E-state index in [1.165, 1.54) is 19.1 Å². The maximum absolute atomic E-state index is 13.6. The lowest BCUT2D eigenvalue weighted by molar-refractivity contribution is -0.389. The van der Waals surface area contributed by atoms with Gasteiger partial charge in [-0.2, -0.15) is 17.9 Å². The Bertz CT molecular complexity index is 1580. The number of nitro groups is 1. The number of alkyl halides is 3. The number of amides is 2. The number of hydrogen-bond acceptors (Lipinski definition) is 7. The van der Waals surface area contributed by atoms with Crippen molar-refractivity contribution >= 4 is 56.5 Å². The summed E-state index contributed by atoms with van der Waals surface area (Å²) in [4.78, 5) is 38.3. The molecule has 3 aromatic heterocycles. The van der Waals surface area contributed by atoms with Gasteiger partial charge in [0.1, 0.15) is 27.8 Å². The zero-order valence-electron chi connectivity index (χ0n) is 18.4. The van der Waals surface area contributed by atoms with E-state index in [2.05, 4.69) is 15.4 Å². The molecule has 0 aliphatic heterocycles. The summed E-state index contributed by atoms with van der Waals surface area (Å²) in [6.45, 7) is 0.800. The normalized spacial score (nSPS) is 11.6. The van der Waals surface area contributed by atoms with Gasteiger partial charge >= 0.3 is 12.0 Å². The topological polar surface area (TPSA) is 146 Å². The van der Waals surface area contributed by atoms with Crippen LogP contribution in [0.1, 0.15) is 21.1 Å². The van der Waals surface area contributed by atoms with Crippen molar-refractivity contribution in [2.75, 3.05) is 5.32 Å². The average molecular weight is 557 g/mol. The van der Waals surface area contributed by atoms with Gasteiger partial charge in [0.25, 0.3) is 5.91 Å². The lowest BCUT2D eigenvalue weighted by Crippen LogP contribution is -2.22. The number of nitrogens with zero attached hydrogens (tertiary/aromatic N) is 4. The quantitative estimate of drug-likeness (QED) is 0.196. The summed E-state index contributed by atoms with van der Waals surface area (Å²) in [6.07, 6.45) is -4.85. The first-order valence-electron chi connectivity index (χ1n) is 10.1. The predicted octanol–water partition coefficient (Wildman–Crippen LogP) is 4.93. The van der Waals surface area contributed by atoms with Gasteiger partial charge in [0.05, 0.1) is 16.5 Å². The molecular weight excluding hydrogens is 544 g/mol. The van der Waals surface area contributed by atoms with Crippen LogP contribution >= 0.6 is 22.9 Å². The highest BCUT2D eigenvalue weighted by atomic mass is 35.5. The van der Waals surface area contributed by atoms with E-state index in [4.69, 9.17) is 17.3 Å². The molecule has 37 heavy (non-hydrogen) atoms. The number of carbonyl (C=O) groups is 2. The lowest BCUT2D eigenvalue weighted by Gasteiger charge is -2.12. The number of rotatable bonds is 6. The number of halogens is 5. The van der Waals surface area contributed by atoms with Crippen LogP contribution in [0.2, 0.25) is 5.02 Å². The average Bonchev–Trinajstić information content (AvgIpc) is 3.31. The van der Waals surface area contributed by atoms with Gasteiger partial charge in [0, 0.05) is 5.39 Å². The molecule has 10 nitrogen and oxygen atoms in total. The van der Waals surface area contributed by atoms with Crippen LogP contribution in [0.25, 0.3) is 21.3 Å². The van der Waals surface area contributed by atoms with Crippen LogP contribution in [0.4, 0.5) is 29.1 Å². The van der Waals surface area contributed by atoms with Crippen LogP contribution in [-0.2, 0) is 17.5 Å². The maximum atomic E-state index is 13.6. The van der Waals surface area contributed by atoms with E-state index in [-0.39, 0.29) is 42.6 Å². The third-order valence-electron chi connectivity index (χ3n) is 5.18. The molecule has 0 atom stereocenters. The molecule has 0 saturated carbocycles. The van der Waals surface area contributed by atoms with E-state index in [0.717, 1.165) is 16.8 Å². The van der Waals surface area contributed by atoms with Gasteiger partial charge < -0.3 is 21.2 Å². The predicted molar refractivity (Wildman–Crippen MR) is 126 cm³/mol. The van der Waals surface area contributed by atoms with Gasteiger partial charge in [-0.1, -0.05) is 23.7 Å². The molecule has 0 aliphatic carbocycles. The van der Waals surface area contributed by atoms with Gasteiger partial charge in [-0.3, -0.25) is 9.59 Å². The second-order valence-electron chi connectivity index (χ2n) is 7.60. The largest absolute Gasteiger partial charge is 0.433 e. The van der Waals surface area contributed by atoms with E-state index in [0.29, 0.717) is 17.4 Å². The number of aromatic nitrogens is 3. The molecule has 0 spiro atoms. The fourth-order valence-corrected chi connectivity index (χ4v) is 4.70. The van der Waals surface area contributed by atoms with Crippen molar-refractivity contribution in [2.45, 2.75) is 19.6 Å². The Kier molecular flexibility index (Phi) is 6.60. The third-order valence-corrected chi connectivity index (χ3v) is 6.72. The number of primary amides is 1. The Morgan fingerprint density at radius 1 is 1.27 bits per heavy atom. The summed E-state index contributed by atoms with van der Waals surface area (Å²) in [5, 5.41) is 16.9. The Morgan fingerprint density at radius 2 is 1.92 bits per heavy atom. The number of benzene rings is 1. The SMILES string of the molecule is Cc1c(Cl)c([N+](=O)[O-])nn1CC(=O)Nc1c(C(N)=O)sc2nc(C(F)(F)F)cc(-c3ccc(F)cc3)c12. The minimum atomic E-state index is -4.85. The Labute approximate surface area is 212 Å². The number of nitrogens with one attached hydrogen (secondary N) is 1. The number of hydrogen-bond donors (Lipinski definition) is 2. The highest BCUT2D eigenvalue weighted by molar-refractivity contribution is 7.21. The third kappa shape index (κ3) is 4.95. The molecule has 192 valence electrons. The van der Waals surface area contributed by atoms with Gasteiger partial charge in [0.15, 0.2) is 5.02 Å². The molecule has 0 saturated heterocycles. The van der Waals surface area contributed by atoms with Crippen LogP contribution in [0.5, 0.6) is 0 Å². The van der Waals surface area contributed by atoms with E-state index in [1.807, 2.05) is 0 Å². The summed E-state index contributed by atoms with van der Waals surface area (Å²) >= 11 is 6.42. The summed E-state index contributed by atoms with van der Waals surface area (Å²) in [5.41, 5.74) is 4.10. The first-order valence-corrected chi connectivity index (χ1v) is 11.2. The molecule has 0 bridgehead atoms. The second-order valence-corrected chi connectivity index (χ2v) is 8.97. The molecule has 3 N–H and O–H groups in total. The van der Waals surface area contributed by atoms with Gasteiger partial charge in [0.2, 0.25) is 5.91 Å². The van der Waals surface area contributed by atoms with E-state index >= 15 is 0 Å². The molecule has 3 heterocycles. The van der Waals surface area contributed by atoms with Crippen molar-refractivity contribution in [3.63, 3.8) is 0 Å². The van der Waals surface area contributed by atoms with Crippen LogP contribution < -0.4 is 11.1 Å². The Hall–Kier alpha value is -4.11. The Balaban J connectivity index is 1.86. The second kappa shape index (κ2) is 9.40. The Morgan fingerprint density at radius 3 is 2.46 bits per heavy atom. The number of fused-ring (bicyclic) bond motifs is 1. The first-order chi connectivity index (χ1) is 17.3. The van der Waals surface area contributed by atoms with Crippen LogP contribution in [-0.4, -0.2) is 31.5 Å². The van der Waals surface area contributed by atoms with Crippen molar-refractivity contribution < 1.29 is 32.1 Å². The zero-order valence-corrected chi connectivity index (χ0v) is 20.0.